The molecule has 2 heterocycles. The summed E-state index contributed by atoms with van der Waals surface area (Å²) in [7, 11) is 3.37. The summed E-state index contributed by atoms with van der Waals surface area (Å²) in [6, 6.07) is 6.51. The molecule has 0 aliphatic carbocycles. The summed E-state index contributed by atoms with van der Waals surface area (Å²) in [5.74, 6) is 2.69. The van der Waals surface area contributed by atoms with Gasteiger partial charge in [0.05, 0.1) is 14.2 Å². The number of ether oxygens (including phenoxy) is 2. The molecule has 112 valence electrons. The molecule has 1 saturated heterocycles. The highest BCUT2D eigenvalue weighted by molar-refractivity contribution is 5.45. The molecule has 6 heteroatoms. The Labute approximate surface area is 123 Å². The average molecular weight is 289 g/mol. The summed E-state index contributed by atoms with van der Waals surface area (Å²) < 4.78 is 16.3. The lowest BCUT2D eigenvalue weighted by Crippen LogP contribution is -2.19. The molecule has 0 bridgehead atoms. The summed E-state index contributed by atoms with van der Waals surface area (Å²) in [5.41, 5.74) is 1.16. The summed E-state index contributed by atoms with van der Waals surface area (Å²) in [4.78, 5) is 2.11. The number of hydrogen-bond donors (Lipinski definition) is 0. The number of benzene rings is 1. The van der Waals surface area contributed by atoms with Crippen molar-refractivity contribution in [3.8, 4) is 11.5 Å². The molecule has 1 aliphatic rings. The lowest BCUT2D eigenvalue weighted by Gasteiger charge is -2.16. The third-order valence-electron chi connectivity index (χ3n) is 3.85. The molecule has 3 rings (SSSR count). The van der Waals surface area contributed by atoms with Gasteiger partial charge in [0.2, 0.25) is 5.89 Å². The first-order valence-electron chi connectivity index (χ1n) is 6.98. The van der Waals surface area contributed by atoms with Crippen LogP contribution in [0.25, 0.3) is 0 Å². The van der Waals surface area contributed by atoms with E-state index >= 15 is 0 Å². The quantitative estimate of drug-likeness (QED) is 0.861. The van der Waals surface area contributed by atoms with Crippen LogP contribution in [0.1, 0.15) is 23.8 Å². The third kappa shape index (κ3) is 2.66. The molecule has 1 aromatic carbocycles. The topological polar surface area (TPSA) is 60.6 Å². The van der Waals surface area contributed by atoms with Crippen molar-refractivity contribution < 1.29 is 13.9 Å². The lowest BCUT2D eigenvalue weighted by molar-refractivity contribution is 0.396. The number of nitrogens with zero attached hydrogens (tertiary/aromatic N) is 3. The fourth-order valence-electron chi connectivity index (χ4n) is 2.76. The van der Waals surface area contributed by atoms with Gasteiger partial charge in [-0.2, -0.15) is 0 Å². The summed E-state index contributed by atoms with van der Waals surface area (Å²) in [6.45, 7) is 3.53. The van der Waals surface area contributed by atoms with Crippen LogP contribution in [-0.2, 0) is 0 Å². The maximum Gasteiger partial charge on any atom is 0.318 e. The van der Waals surface area contributed by atoms with Gasteiger partial charge >= 0.3 is 6.01 Å². The zero-order valence-corrected chi connectivity index (χ0v) is 12.5. The average Bonchev–Trinajstić information content (AvgIpc) is 3.15. The van der Waals surface area contributed by atoms with E-state index in [9.17, 15) is 0 Å². The monoisotopic (exact) mass is 289 g/mol. The second kappa shape index (κ2) is 5.63. The molecule has 6 nitrogen and oxygen atoms in total. The molecular formula is C15H19N3O3. The first-order valence-corrected chi connectivity index (χ1v) is 6.98. The van der Waals surface area contributed by atoms with Gasteiger partial charge in [0.15, 0.2) is 0 Å². The van der Waals surface area contributed by atoms with Gasteiger partial charge in [-0.25, -0.2) is 0 Å². The molecule has 0 N–H and O–H groups in total. The standard InChI is InChI=1S/C15H19N3O3/c1-10-16-17-15(21-10)18-7-6-11(9-18)13-8-12(19-2)4-5-14(13)20-3/h4-5,8,11H,6-7,9H2,1-3H3/t11-/m0/s1. The van der Waals surface area contributed by atoms with Crippen LogP contribution in [-0.4, -0.2) is 37.5 Å². The minimum Gasteiger partial charge on any atom is -0.497 e. The van der Waals surface area contributed by atoms with Crippen molar-refractivity contribution in [3.63, 3.8) is 0 Å². The van der Waals surface area contributed by atoms with E-state index in [0.29, 0.717) is 17.8 Å². The maximum atomic E-state index is 5.50. The Morgan fingerprint density at radius 2 is 2.10 bits per heavy atom. The van der Waals surface area contributed by atoms with Crippen molar-refractivity contribution in [2.24, 2.45) is 0 Å². The Morgan fingerprint density at radius 3 is 2.76 bits per heavy atom. The van der Waals surface area contributed by atoms with Crippen LogP contribution in [0.4, 0.5) is 6.01 Å². The van der Waals surface area contributed by atoms with Gasteiger partial charge in [-0.3, -0.25) is 0 Å². The van der Waals surface area contributed by atoms with Crippen LogP contribution < -0.4 is 14.4 Å². The van der Waals surface area contributed by atoms with Crippen molar-refractivity contribution in [2.75, 3.05) is 32.2 Å². The normalized spacial score (nSPS) is 18.0. The largest absolute Gasteiger partial charge is 0.497 e. The predicted molar refractivity (Wildman–Crippen MR) is 78.2 cm³/mol. The highest BCUT2D eigenvalue weighted by atomic mass is 16.5. The Bertz CT molecular complexity index is 626. The number of hydrogen-bond acceptors (Lipinski definition) is 6. The third-order valence-corrected chi connectivity index (χ3v) is 3.85. The number of anilines is 1. The molecule has 1 aromatic heterocycles. The van der Waals surface area contributed by atoms with Crippen molar-refractivity contribution in [1.29, 1.82) is 0 Å². The van der Waals surface area contributed by atoms with Crippen molar-refractivity contribution >= 4 is 6.01 Å². The molecule has 1 atom stereocenters. The lowest BCUT2D eigenvalue weighted by atomic mass is 9.97. The minimum absolute atomic E-state index is 0.363. The minimum atomic E-state index is 0.363. The first kappa shape index (κ1) is 13.7. The van der Waals surface area contributed by atoms with E-state index in [4.69, 9.17) is 13.9 Å². The van der Waals surface area contributed by atoms with Crippen molar-refractivity contribution in [3.05, 3.63) is 29.7 Å². The molecule has 1 aliphatic heterocycles. The van der Waals surface area contributed by atoms with E-state index < -0.39 is 0 Å². The Hall–Kier alpha value is -2.24. The van der Waals surface area contributed by atoms with Gasteiger partial charge in [0, 0.05) is 31.5 Å². The van der Waals surface area contributed by atoms with Gasteiger partial charge in [0.1, 0.15) is 11.5 Å². The molecule has 0 amide bonds. The smallest absolute Gasteiger partial charge is 0.318 e. The van der Waals surface area contributed by atoms with E-state index in [1.807, 2.05) is 18.2 Å². The highest BCUT2D eigenvalue weighted by Gasteiger charge is 2.29. The molecule has 0 saturated carbocycles. The van der Waals surface area contributed by atoms with Crippen molar-refractivity contribution in [2.45, 2.75) is 19.3 Å². The molecule has 21 heavy (non-hydrogen) atoms. The zero-order chi connectivity index (χ0) is 14.8. The molecule has 0 spiro atoms. The van der Waals surface area contributed by atoms with Crippen LogP contribution in [0.3, 0.4) is 0 Å². The number of methoxy groups -OCH3 is 2. The molecule has 1 fully saturated rings. The Kier molecular flexibility index (Phi) is 3.68. The van der Waals surface area contributed by atoms with E-state index in [0.717, 1.165) is 36.6 Å². The molecular weight excluding hydrogens is 270 g/mol. The van der Waals surface area contributed by atoms with Crippen LogP contribution in [0.15, 0.2) is 22.6 Å². The molecule has 2 aromatic rings. The van der Waals surface area contributed by atoms with Gasteiger partial charge in [0.25, 0.3) is 0 Å². The van der Waals surface area contributed by atoms with Crippen LogP contribution in [0.5, 0.6) is 11.5 Å². The summed E-state index contributed by atoms with van der Waals surface area (Å²) >= 11 is 0. The molecule has 0 radical (unpaired) electrons. The molecule has 0 unspecified atom stereocenters. The van der Waals surface area contributed by atoms with E-state index in [2.05, 4.69) is 15.1 Å². The van der Waals surface area contributed by atoms with E-state index in [1.165, 1.54) is 0 Å². The number of aromatic nitrogens is 2. The maximum absolute atomic E-state index is 5.50. The zero-order valence-electron chi connectivity index (χ0n) is 12.5. The Morgan fingerprint density at radius 1 is 1.24 bits per heavy atom. The van der Waals surface area contributed by atoms with E-state index in [-0.39, 0.29) is 0 Å². The first-order chi connectivity index (χ1) is 10.2. The van der Waals surface area contributed by atoms with Gasteiger partial charge in [-0.1, -0.05) is 5.10 Å². The summed E-state index contributed by atoms with van der Waals surface area (Å²) in [6.07, 6.45) is 1.02. The fourth-order valence-corrected chi connectivity index (χ4v) is 2.76. The SMILES string of the molecule is COc1ccc(OC)c([C@H]2CCN(c3nnc(C)o3)C2)c1. The van der Waals surface area contributed by atoms with Crippen molar-refractivity contribution in [1.82, 2.24) is 10.2 Å². The van der Waals surface area contributed by atoms with Gasteiger partial charge < -0.3 is 18.8 Å². The number of rotatable bonds is 4. The van der Waals surface area contributed by atoms with E-state index in [1.54, 1.807) is 21.1 Å². The Balaban J connectivity index is 1.82. The second-order valence-electron chi connectivity index (χ2n) is 5.14. The fraction of sp³-hybridized carbons (Fsp3) is 0.467. The van der Waals surface area contributed by atoms with Gasteiger partial charge in [-0.05, 0) is 24.6 Å². The van der Waals surface area contributed by atoms with Gasteiger partial charge in [-0.15, -0.1) is 5.10 Å². The van der Waals surface area contributed by atoms with Crippen LogP contribution >= 0.6 is 0 Å². The predicted octanol–water partition coefficient (Wildman–Crippen LogP) is 2.39. The highest BCUT2D eigenvalue weighted by Crippen LogP contribution is 2.37. The van der Waals surface area contributed by atoms with Crippen LogP contribution in [0.2, 0.25) is 0 Å². The number of aryl methyl sites for hydroxylation is 1. The second-order valence-corrected chi connectivity index (χ2v) is 5.14. The summed E-state index contributed by atoms with van der Waals surface area (Å²) in [5, 5.41) is 7.97. The van der Waals surface area contributed by atoms with Crippen LogP contribution in [0, 0.1) is 6.92 Å².